The van der Waals surface area contributed by atoms with E-state index in [1.54, 1.807) is 0 Å². The summed E-state index contributed by atoms with van der Waals surface area (Å²) in [7, 11) is 0. The first kappa shape index (κ1) is 18.1. The maximum atomic E-state index is 12.2. The molecule has 26 heavy (non-hydrogen) atoms. The topological polar surface area (TPSA) is 59.9 Å². The van der Waals surface area contributed by atoms with Gasteiger partial charge in [-0.1, -0.05) is 24.3 Å². The maximum Gasteiger partial charge on any atom is 0.264 e. The predicted molar refractivity (Wildman–Crippen MR) is 106 cm³/mol. The van der Waals surface area contributed by atoms with E-state index in [1.165, 1.54) is 11.8 Å². The number of carbonyl (C=O) groups is 1. The van der Waals surface area contributed by atoms with Crippen molar-refractivity contribution in [3.8, 4) is 11.5 Å². The fraction of sp³-hybridized carbons (Fsp3) is 0.200. The molecule has 1 N–H and O–H groups in total. The normalized spacial score (nSPS) is 16.8. The number of ether oxygens (including phenoxy) is 2. The van der Waals surface area contributed by atoms with E-state index in [-0.39, 0.29) is 5.91 Å². The molecule has 6 heteroatoms. The highest BCUT2D eigenvalue weighted by atomic mass is 32.2. The Hall–Kier alpha value is -2.73. The summed E-state index contributed by atoms with van der Waals surface area (Å²) in [5.74, 6) is 1.22. The van der Waals surface area contributed by atoms with Gasteiger partial charge < -0.3 is 14.8 Å². The number of thioether (sulfide) groups is 1. The van der Waals surface area contributed by atoms with Gasteiger partial charge in [0.15, 0.2) is 16.7 Å². The third-order valence-electron chi connectivity index (χ3n) is 3.50. The van der Waals surface area contributed by atoms with Crippen molar-refractivity contribution in [1.29, 1.82) is 0 Å². The highest BCUT2D eigenvalue weighted by molar-refractivity contribution is 8.18. The van der Waals surface area contributed by atoms with Gasteiger partial charge in [-0.25, -0.2) is 4.99 Å². The summed E-state index contributed by atoms with van der Waals surface area (Å²) in [5.41, 5.74) is 1.67. The Morgan fingerprint density at radius 1 is 1.04 bits per heavy atom. The largest absolute Gasteiger partial charge is 0.490 e. The number of amides is 1. The first-order chi connectivity index (χ1) is 12.7. The summed E-state index contributed by atoms with van der Waals surface area (Å²) in [5, 5.41) is 3.37. The van der Waals surface area contributed by atoms with Crippen LogP contribution in [0, 0.1) is 0 Å². The van der Waals surface area contributed by atoms with Crippen molar-refractivity contribution in [1.82, 2.24) is 5.32 Å². The Morgan fingerprint density at radius 2 is 1.77 bits per heavy atom. The molecule has 0 spiro atoms. The molecule has 0 saturated carbocycles. The lowest BCUT2D eigenvalue weighted by atomic mass is 10.2. The minimum atomic E-state index is -0.156. The average Bonchev–Trinajstić information content (AvgIpc) is 2.97. The molecule has 2 aromatic carbocycles. The van der Waals surface area contributed by atoms with Gasteiger partial charge in [0.05, 0.1) is 23.8 Å². The first-order valence-electron chi connectivity index (χ1n) is 8.44. The molecular weight excluding hydrogens is 348 g/mol. The van der Waals surface area contributed by atoms with Crippen LogP contribution >= 0.6 is 11.8 Å². The van der Waals surface area contributed by atoms with E-state index in [4.69, 9.17) is 9.47 Å². The van der Waals surface area contributed by atoms with Crippen LogP contribution in [-0.4, -0.2) is 24.3 Å². The standard InChI is InChI=1S/C20H20N2O3S/c1-3-24-16-11-10-14(12-17(16)25-4-2)13-18-19(23)22-20(26-18)21-15-8-6-5-7-9-15/h5-13H,3-4H2,1-2H3,(H,21,22,23)/b18-13-. The Bertz CT molecular complexity index is 847. The molecule has 134 valence electrons. The van der Waals surface area contributed by atoms with E-state index in [9.17, 15) is 4.79 Å². The molecule has 0 aromatic heterocycles. The molecule has 0 atom stereocenters. The van der Waals surface area contributed by atoms with Crippen LogP contribution in [0.4, 0.5) is 5.69 Å². The predicted octanol–water partition coefficient (Wildman–Crippen LogP) is 4.38. The van der Waals surface area contributed by atoms with E-state index in [0.29, 0.717) is 34.8 Å². The molecule has 5 nitrogen and oxygen atoms in total. The molecule has 1 aliphatic heterocycles. The van der Waals surface area contributed by atoms with Crippen LogP contribution in [0.1, 0.15) is 19.4 Å². The first-order valence-corrected chi connectivity index (χ1v) is 9.25. The zero-order valence-electron chi connectivity index (χ0n) is 14.7. The molecule has 1 saturated heterocycles. The lowest BCUT2D eigenvalue weighted by Gasteiger charge is -2.11. The van der Waals surface area contributed by atoms with Crippen molar-refractivity contribution < 1.29 is 14.3 Å². The summed E-state index contributed by atoms with van der Waals surface area (Å²) in [4.78, 5) is 17.3. The van der Waals surface area contributed by atoms with Crippen molar-refractivity contribution in [2.45, 2.75) is 13.8 Å². The Morgan fingerprint density at radius 3 is 2.50 bits per heavy atom. The summed E-state index contributed by atoms with van der Waals surface area (Å²) < 4.78 is 11.2. The minimum Gasteiger partial charge on any atom is -0.490 e. The molecule has 0 bridgehead atoms. The SMILES string of the molecule is CCOc1ccc(/C=C2\SC(=Nc3ccccc3)NC2=O)cc1OCC. The summed E-state index contributed by atoms with van der Waals surface area (Å²) in [6.45, 7) is 4.97. The van der Waals surface area contributed by atoms with Crippen molar-refractivity contribution in [2.75, 3.05) is 13.2 Å². The summed E-state index contributed by atoms with van der Waals surface area (Å²) >= 11 is 1.32. The van der Waals surface area contributed by atoms with Gasteiger partial charge in [0.25, 0.3) is 5.91 Å². The Kier molecular flexibility index (Phi) is 5.96. The molecule has 1 aliphatic rings. The number of hydrogen-bond donors (Lipinski definition) is 1. The van der Waals surface area contributed by atoms with Gasteiger partial charge in [-0.05, 0) is 61.5 Å². The Labute approximate surface area is 157 Å². The lowest BCUT2D eigenvalue weighted by Crippen LogP contribution is -2.19. The molecule has 3 rings (SSSR count). The van der Waals surface area contributed by atoms with E-state index < -0.39 is 0 Å². The van der Waals surface area contributed by atoms with Crippen molar-refractivity contribution >= 4 is 34.6 Å². The van der Waals surface area contributed by atoms with E-state index in [1.807, 2.05) is 68.5 Å². The number of aliphatic imine (C=N–C) groups is 1. The number of hydrogen-bond acceptors (Lipinski definition) is 5. The number of rotatable bonds is 6. The molecular formula is C20H20N2O3S. The number of para-hydroxylation sites is 1. The minimum absolute atomic E-state index is 0.156. The maximum absolute atomic E-state index is 12.2. The second-order valence-corrected chi connectivity index (χ2v) is 6.42. The van der Waals surface area contributed by atoms with E-state index in [2.05, 4.69) is 10.3 Å². The van der Waals surface area contributed by atoms with Crippen LogP contribution in [0.3, 0.4) is 0 Å². The van der Waals surface area contributed by atoms with Gasteiger partial charge in [0.1, 0.15) is 0 Å². The quantitative estimate of drug-likeness (QED) is 0.769. The van der Waals surface area contributed by atoms with Crippen molar-refractivity contribution in [3.63, 3.8) is 0 Å². The molecule has 1 amide bonds. The van der Waals surface area contributed by atoms with Crippen LogP contribution in [-0.2, 0) is 4.79 Å². The number of amidine groups is 1. The number of carbonyl (C=O) groups excluding carboxylic acids is 1. The number of nitrogens with zero attached hydrogens (tertiary/aromatic N) is 1. The molecule has 1 fully saturated rings. The molecule has 2 aromatic rings. The van der Waals surface area contributed by atoms with Gasteiger partial charge in [0.2, 0.25) is 0 Å². The van der Waals surface area contributed by atoms with Crippen LogP contribution in [0.5, 0.6) is 11.5 Å². The number of benzene rings is 2. The van der Waals surface area contributed by atoms with E-state index >= 15 is 0 Å². The average molecular weight is 368 g/mol. The van der Waals surface area contributed by atoms with Crippen LogP contribution in [0.2, 0.25) is 0 Å². The zero-order valence-corrected chi connectivity index (χ0v) is 15.5. The zero-order chi connectivity index (χ0) is 18.4. The van der Waals surface area contributed by atoms with Crippen LogP contribution in [0.15, 0.2) is 58.4 Å². The highest BCUT2D eigenvalue weighted by Crippen LogP contribution is 2.32. The molecule has 0 unspecified atom stereocenters. The molecule has 1 heterocycles. The van der Waals surface area contributed by atoms with Crippen molar-refractivity contribution in [2.24, 2.45) is 4.99 Å². The second-order valence-electron chi connectivity index (χ2n) is 5.39. The summed E-state index contributed by atoms with van der Waals surface area (Å²) in [6, 6.07) is 15.2. The second kappa shape index (κ2) is 8.58. The summed E-state index contributed by atoms with van der Waals surface area (Å²) in [6.07, 6.45) is 1.83. The highest BCUT2D eigenvalue weighted by Gasteiger charge is 2.24. The van der Waals surface area contributed by atoms with Gasteiger partial charge in [-0.15, -0.1) is 0 Å². The Balaban J connectivity index is 1.82. The van der Waals surface area contributed by atoms with Crippen LogP contribution in [0.25, 0.3) is 6.08 Å². The van der Waals surface area contributed by atoms with Gasteiger partial charge in [0, 0.05) is 0 Å². The van der Waals surface area contributed by atoms with Crippen molar-refractivity contribution in [3.05, 3.63) is 59.0 Å². The molecule has 0 aliphatic carbocycles. The fourth-order valence-electron chi connectivity index (χ4n) is 2.41. The van der Waals surface area contributed by atoms with Gasteiger partial charge >= 0.3 is 0 Å². The van der Waals surface area contributed by atoms with Gasteiger partial charge in [-0.2, -0.15) is 0 Å². The smallest absolute Gasteiger partial charge is 0.264 e. The fourth-order valence-corrected chi connectivity index (χ4v) is 3.25. The van der Waals surface area contributed by atoms with Gasteiger partial charge in [-0.3, -0.25) is 4.79 Å². The molecule has 0 radical (unpaired) electrons. The third-order valence-corrected chi connectivity index (χ3v) is 4.41. The monoisotopic (exact) mass is 368 g/mol. The number of nitrogens with one attached hydrogen (secondary N) is 1. The lowest BCUT2D eigenvalue weighted by molar-refractivity contribution is -0.115. The third kappa shape index (κ3) is 4.46. The van der Waals surface area contributed by atoms with E-state index in [0.717, 1.165) is 11.3 Å². The van der Waals surface area contributed by atoms with Crippen LogP contribution < -0.4 is 14.8 Å².